The van der Waals surface area contributed by atoms with Crippen molar-refractivity contribution in [2.75, 3.05) is 19.6 Å². The van der Waals surface area contributed by atoms with Crippen molar-refractivity contribution in [1.82, 2.24) is 4.90 Å². The molecule has 0 radical (unpaired) electrons. The SMILES string of the molecule is CC(C)C1CCC(CN)(N2CC3CCCC3C2)CC1. The lowest BCUT2D eigenvalue weighted by Crippen LogP contribution is -2.55. The van der Waals surface area contributed by atoms with Crippen molar-refractivity contribution in [2.24, 2.45) is 29.4 Å². The summed E-state index contributed by atoms with van der Waals surface area (Å²) in [7, 11) is 0. The Morgan fingerprint density at radius 3 is 2.11 bits per heavy atom. The predicted molar refractivity (Wildman–Crippen MR) is 81.0 cm³/mol. The lowest BCUT2D eigenvalue weighted by atomic mass is 9.72. The molecule has 2 heteroatoms. The summed E-state index contributed by atoms with van der Waals surface area (Å²) in [5, 5.41) is 0. The van der Waals surface area contributed by atoms with Crippen LogP contribution in [-0.4, -0.2) is 30.1 Å². The molecule has 0 amide bonds. The quantitative estimate of drug-likeness (QED) is 0.848. The molecule has 2 atom stereocenters. The Hall–Kier alpha value is -0.0800. The van der Waals surface area contributed by atoms with Gasteiger partial charge in [0.05, 0.1) is 0 Å². The van der Waals surface area contributed by atoms with Crippen LogP contribution in [0.5, 0.6) is 0 Å². The molecule has 3 aliphatic rings. The first-order valence-electron chi connectivity index (χ1n) is 8.60. The third-order valence-corrected chi connectivity index (χ3v) is 6.68. The number of nitrogens with zero attached hydrogens (tertiary/aromatic N) is 1. The van der Waals surface area contributed by atoms with Crippen LogP contribution in [0.1, 0.15) is 58.8 Å². The van der Waals surface area contributed by atoms with Crippen molar-refractivity contribution >= 4 is 0 Å². The molecule has 2 nitrogen and oxygen atoms in total. The van der Waals surface area contributed by atoms with E-state index in [0.717, 1.165) is 30.2 Å². The minimum absolute atomic E-state index is 0.371. The molecule has 3 fully saturated rings. The molecular formula is C17H32N2. The largest absolute Gasteiger partial charge is 0.329 e. The molecule has 0 aromatic heterocycles. The van der Waals surface area contributed by atoms with Gasteiger partial charge in [-0.25, -0.2) is 0 Å². The number of hydrogen-bond acceptors (Lipinski definition) is 2. The van der Waals surface area contributed by atoms with Gasteiger partial charge in [-0.1, -0.05) is 20.3 Å². The summed E-state index contributed by atoms with van der Waals surface area (Å²) in [6.07, 6.45) is 9.96. The first-order chi connectivity index (χ1) is 9.14. The third kappa shape index (κ3) is 2.47. The fraction of sp³-hybridized carbons (Fsp3) is 1.00. The summed E-state index contributed by atoms with van der Waals surface area (Å²) in [5.41, 5.74) is 6.62. The van der Waals surface area contributed by atoms with Crippen LogP contribution in [0, 0.1) is 23.7 Å². The molecular weight excluding hydrogens is 232 g/mol. The topological polar surface area (TPSA) is 29.3 Å². The molecule has 1 heterocycles. The summed E-state index contributed by atoms with van der Waals surface area (Å²) in [6.45, 7) is 8.38. The monoisotopic (exact) mass is 264 g/mol. The van der Waals surface area contributed by atoms with E-state index in [-0.39, 0.29) is 0 Å². The number of likely N-dealkylation sites (tertiary alicyclic amines) is 1. The minimum atomic E-state index is 0.371. The molecule has 19 heavy (non-hydrogen) atoms. The van der Waals surface area contributed by atoms with E-state index in [1.54, 1.807) is 0 Å². The van der Waals surface area contributed by atoms with Crippen LogP contribution < -0.4 is 5.73 Å². The zero-order valence-corrected chi connectivity index (χ0v) is 12.9. The number of nitrogens with two attached hydrogens (primary N) is 1. The molecule has 2 saturated carbocycles. The lowest BCUT2D eigenvalue weighted by Gasteiger charge is -2.47. The highest BCUT2D eigenvalue weighted by Crippen LogP contribution is 2.45. The van der Waals surface area contributed by atoms with E-state index >= 15 is 0 Å². The predicted octanol–water partition coefficient (Wildman–Crippen LogP) is 3.26. The number of rotatable bonds is 3. The Labute approximate surface area is 119 Å². The van der Waals surface area contributed by atoms with Crippen molar-refractivity contribution < 1.29 is 0 Å². The molecule has 0 aromatic rings. The average Bonchev–Trinajstić information content (AvgIpc) is 2.99. The smallest absolute Gasteiger partial charge is 0.0332 e. The van der Waals surface area contributed by atoms with E-state index in [1.165, 1.54) is 58.0 Å². The Morgan fingerprint density at radius 2 is 1.63 bits per heavy atom. The molecule has 1 aliphatic heterocycles. The highest BCUT2D eigenvalue weighted by molar-refractivity contribution is 5.01. The van der Waals surface area contributed by atoms with Crippen molar-refractivity contribution in [3.05, 3.63) is 0 Å². The average molecular weight is 264 g/mol. The number of fused-ring (bicyclic) bond motifs is 1. The molecule has 110 valence electrons. The maximum atomic E-state index is 6.25. The van der Waals surface area contributed by atoms with Crippen LogP contribution in [0.25, 0.3) is 0 Å². The first kappa shape index (κ1) is 13.9. The van der Waals surface area contributed by atoms with Gasteiger partial charge >= 0.3 is 0 Å². The van der Waals surface area contributed by atoms with E-state index in [2.05, 4.69) is 18.7 Å². The molecule has 3 rings (SSSR count). The van der Waals surface area contributed by atoms with Gasteiger partial charge in [-0.15, -0.1) is 0 Å². The Kier molecular flexibility index (Phi) is 3.92. The fourth-order valence-electron chi connectivity index (χ4n) is 5.12. The molecule has 2 unspecified atom stereocenters. The van der Waals surface area contributed by atoms with Crippen LogP contribution in [-0.2, 0) is 0 Å². The second kappa shape index (κ2) is 5.37. The van der Waals surface area contributed by atoms with E-state index < -0.39 is 0 Å². The first-order valence-corrected chi connectivity index (χ1v) is 8.60. The van der Waals surface area contributed by atoms with E-state index in [1.807, 2.05) is 0 Å². The van der Waals surface area contributed by atoms with Gasteiger partial charge in [-0.3, -0.25) is 4.90 Å². The van der Waals surface area contributed by atoms with E-state index in [4.69, 9.17) is 5.73 Å². The summed E-state index contributed by atoms with van der Waals surface area (Å²) >= 11 is 0. The van der Waals surface area contributed by atoms with Crippen LogP contribution in [0.15, 0.2) is 0 Å². The third-order valence-electron chi connectivity index (χ3n) is 6.68. The van der Waals surface area contributed by atoms with Crippen molar-refractivity contribution in [3.63, 3.8) is 0 Å². The summed E-state index contributed by atoms with van der Waals surface area (Å²) in [4.78, 5) is 2.82. The molecule has 1 saturated heterocycles. The van der Waals surface area contributed by atoms with Gasteiger partial charge in [-0.05, 0) is 62.2 Å². The second-order valence-corrected chi connectivity index (χ2v) is 7.87. The van der Waals surface area contributed by atoms with E-state index in [9.17, 15) is 0 Å². The normalized spacial score (nSPS) is 43.9. The number of hydrogen-bond donors (Lipinski definition) is 1. The van der Waals surface area contributed by atoms with Crippen LogP contribution in [0.3, 0.4) is 0 Å². The molecule has 0 bridgehead atoms. The summed E-state index contributed by atoms with van der Waals surface area (Å²) in [5.74, 6) is 3.81. The Balaban J connectivity index is 1.65. The standard InChI is InChI=1S/C17H32N2/c1-13(2)14-6-8-17(12-18,9-7-14)19-10-15-4-3-5-16(15)11-19/h13-16H,3-12,18H2,1-2H3. The lowest BCUT2D eigenvalue weighted by molar-refractivity contribution is 0.0474. The van der Waals surface area contributed by atoms with Gasteiger partial charge in [0.2, 0.25) is 0 Å². The Morgan fingerprint density at radius 1 is 1.05 bits per heavy atom. The van der Waals surface area contributed by atoms with Gasteiger partial charge in [0.15, 0.2) is 0 Å². The highest BCUT2D eigenvalue weighted by atomic mass is 15.2. The maximum absolute atomic E-state index is 6.25. The van der Waals surface area contributed by atoms with Gasteiger partial charge in [0.1, 0.15) is 0 Å². The van der Waals surface area contributed by atoms with Crippen molar-refractivity contribution in [3.8, 4) is 0 Å². The summed E-state index contributed by atoms with van der Waals surface area (Å²) in [6, 6.07) is 0. The Bertz CT molecular complexity index is 292. The zero-order valence-electron chi connectivity index (χ0n) is 12.9. The molecule has 0 spiro atoms. The van der Waals surface area contributed by atoms with Crippen molar-refractivity contribution in [2.45, 2.75) is 64.3 Å². The fourth-order valence-corrected chi connectivity index (χ4v) is 5.12. The molecule has 2 N–H and O–H groups in total. The van der Waals surface area contributed by atoms with Gasteiger partial charge < -0.3 is 5.73 Å². The van der Waals surface area contributed by atoms with Gasteiger partial charge in [-0.2, -0.15) is 0 Å². The minimum Gasteiger partial charge on any atom is -0.329 e. The zero-order chi connectivity index (χ0) is 13.5. The molecule has 2 aliphatic carbocycles. The molecule has 0 aromatic carbocycles. The van der Waals surface area contributed by atoms with E-state index in [0.29, 0.717) is 5.54 Å². The van der Waals surface area contributed by atoms with Crippen LogP contribution in [0.4, 0.5) is 0 Å². The van der Waals surface area contributed by atoms with Crippen LogP contribution >= 0.6 is 0 Å². The maximum Gasteiger partial charge on any atom is 0.0332 e. The van der Waals surface area contributed by atoms with Crippen LogP contribution in [0.2, 0.25) is 0 Å². The highest BCUT2D eigenvalue weighted by Gasteiger charge is 2.46. The van der Waals surface area contributed by atoms with Gasteiger partial charge in [0.25, 0.3) is 0 Å². The second-order valence-electron chi connectivity index (χ2n) is 7.87. The summed E-state index contributed by atoms with van der Waals surface area (Å²) < 4.78 is 0. The van der Waals surface area contributed by atoms with Gasteiger partial charge in [0, 0.05) is 25.2 Å². The van der Waals surface area contributed by atoms with Crippen molar-refractivity contribution in [1.29, 1.82) is 0 Å².